The van der Waals surface area contributed by atoms with Crippen molar-refractivity contribution in [1.82, 2.24) is 29.5 Å². The minimum absolute atomic E-state index is 0.0634. The predicted octanol–water partition coefficient (Wildman–Crippen LogP) is 0.737. The lowest BCUT2D eigenvalue weighted by molar-refractivity contribution is -0.120. The molecule has 2 amide bonds. The van der Waals surface area contributed by atoms with E-state index < -0.39 is 15.9 Å². The van der Waals surface area contributed by atoms with Crippen molar-refractivity contribution in [2.24, 2.45) is 5.92 Å². The molecule has 1 aliphatic heterocycles. The molecule has 3 heterocycles. The Morgan fingerprint density at radius 2 is 1.85 bits per heavy atom. The summed E-state index contributed by atoms with van der Waals surface area (Å²) in [5, 5.41) is 6.91. The Balaban J connectivity index is 1.41. The number of aromatic nitrogens is 5. The SMILES string of the molecule is CC(=O)NS(=O)(=O)c1ccc(NC(=O)C2CCCN(c3cc(-n4cncn4)ncn3)C2)cc1. The number of amides is 2. The van der Waals surface area contributed by atoms with Crippen molar-refractivity contribution in [3.8, 4) is 5.82 Å². The van der Waals surface area contributed by atoms with Crippen LogP contribution in [0.1, 0.15) is 19.8 Å². The maximum atomic E-state index is 12.9. The highest BCUT2D eigenvalue weighted by Crippen LogP contribution is 2.24. The molecule has 0 radical (unpaired) electrons. The zero-order valence-electron chi connectivity index (χ0n) is 17.7. The predicted molar refractivity (Wildman–Crippen MR) is 118 cm³/mol. The lowest BCUT2D eigenvalue weighted by Gasteiger charge is -2.32. The monoisotopic (exact) mass is 470 g/mol. The number of anilines is 2. The summed E-state index contributed by atoms with van der Waals surface area (Å²) in [6.07, 6.45) is 5.95. The van der Waals surface area contributed by atoms with Gasteiger partial charge in [-0.3, -0.25) is 9.59 Å². The quantitative estimate of drug-likeness (QED) is 0.531. The van der Waals surface area contributed by atoms with E-state index in [1.165, 1.54) is 41.6 Å². The molecule has 3 aromatic rings. The molecule has 1 aliphatic rings. The average molecular weight is 471 g/mol. The van der Waals surface area contributed by atoms with Crippen LogP contribution in [0.4, 0.5) is 11.5 Å². The molecule has 2 N–H and O–H groups in total. The molecule has 12 nitrogen and oxygen atoms in total. The van der Waals surface area contributed by atoms with Crippen LogP contribution in [0.5, 0.6) is 0 Å². The number of hydrogen-bond acceptors (Lipinski definition) is 9. The van der Waals surface area contributed by atoms with Crippen molar-refractivity contribution >= 4 is 33.3 Å². The van der Waals surface area contributed by atoms with Gasteiger partial charge in [-0.15, -0.1) is 0 Å². The molecule has 1 unspecified atom stereocenters. The summed E-state index contributed by atoms with van der Waals surface area (Å²) in [5.41, 5.74) is 0.467. The zero-order chi connectivity index (χ0) is 23.4. The third-order valence-electron chi connectivity index (χ3n) is 5.12. The number of sulfonamides is 1. The van der Waals surface area contributed by atoms with Crippen molar-refractivity contribution in [2.45, 2.75) is 24.7 Å². The number of carbonyl (C=O) groups excluding carboxylic acids is 2. The van der Waals surface area contributed by atoms with Crippen molar-refractivity contribution in [1.29, 1.82) is 0 Å². The maximum Gasteiger partial charge on any atom is 0.264 e. The molecule has 13 heteroatoms. The molecular formula is C20H22N8O4S. The lowest BCUT2D eigenvalue weighted by atomic mass is 9.97. The molecule has 172 valence electrons. The van der Waals surface area contributed by atoms with E-state index in [1.54, 1.807) is 12.4 Å². The van der Waals surface area contributed by atoms with Gasteiger partial charge in [0.2, 0.25) is 11.8 Å². The van der Waals surface area contributed by atoms with E-state index in [2.05, 4.69) is 25.4 Å². The summed E-state index contributed by atoms with van der Waals surface area (Å²) in [6, 6.07) is 7.44. The number of nitrogens with zero attached hydrogens (tertiary/aromatic N) is 6. The third-order valence-corrected chi connectivity index (χ3v) is 6.57. The summed E-state index contributed by atoms with van der Waals surface area (Å²) < 4.78 is 27.5. The standard InChI is InChI=1S/C20H22N8O4S/c1-14(29)26-33(31,32)17-6-4-16(5-7-17)25-20(30)15-3-2-8-27(10-15)18-9-19(23-12-22-18)28-13-21-11-24-28/h4-7,9,11-13,15H,2-3,8,10H2,1H3,(H,25,30)(H,26,29). The Morgan fingerprint density at radius 1 is 1.09 bits per heavy atom. The fourth-order valence-electron chi connectivity index (χ4n) is 3.57. The van der Waals surface area contributed by atoms with Crippen LogP contribution >= 0.6 is 0 Å². The fourth-order valence-corrected chi connectivity index (χ4v) is 4.56. The van der Waals surface area contributed by atoms with Gasteiger partial charge in [-0.25, -0.2) is 32.8 Å². The number of benzene rings is 1. The Hall–Kier alpha value is -3.87. The van der Waals surface area contributed by atoms with Gasteiger partial charge in [-0.05, 0) is 37.1 Å². The molecule has 1 aromatic carbocycles. The van der Waals surface area contributed by atoms with Crippen molar-refractivity contribution in [3.63, 3.8) is 0 Å². The van der Waals surface area contributed by atoms with E-state index in [4.69, 9.17) is 0 Å². The van der Waals surface area contributed by atoms with E-state index in [0.29, 0.717) is 23.9 Å². The van der Waals surface area contributed by atoms with Crippen LogP contribution in [0.25, 0.3) is 5.82 Å². The van der Waals surface area contributed by atoms with E-state index in [1.807, 2.05) is 9.62 Å². The largest absolute Gasteiger partial charge is 0.356 e. The summed E-state index contributed by atoms with van der Waals surface area (Å²) in [6.45, 7) is 2.36. The fraction of sp³-hybridized carbons (Fsp3) is 0.300. The Kier molecular flexibility index (Phi) is 6.31. The van der Waals surface area contributed by atoms with Gasteiger partial charge in [0.1, 0.15) is 24.8 Å². The van der Waals surface area contributed by atoms with Crippen LogP contribution < -0.4 is 14.9 Å². The Morgan fingerprint density at radius 3 is 2.55 bits per heavy atom. The van der Waals surface area contributed by atoms with Gasteiger partial charge in [0.15, 0.2) is 5.82 Å². The van der Waals surface area contributed by atoms with Crippen molar-refractivity contribution in [2.75, 3.05) is 23.3 Å². The molecule has 0 aliphatic carbocycles. The van der Waals surface area contributed by atoms with E-state index in [0.717, 1.165) is 26.3 Å². The van der Waals surface area contributed by atoms with Crippen LogP contribution in [-0.4, -0.2) is 58.1 Å². The van der Waals surface area contributed by atoms with Gasteiger partial charge in [0.05, 0.1) is 10.8 Å². The van der Waals surface area contributed by atoms with Gasteiger partial charge in [0, 0.05) is 31.8 Å². The van der Waals surface area contributed by atoms with Crippen LogP contribution in [0.15, 0.2) is 54.2 Å². The molecule has 1 atom stereocenters. The zero-order valence-corrected chi connectivity index (χ0v) is 18.6. The first-order valence-electron chi connectivity index (χ1n) is 10.2. The maximum absolute atomic E-state index is 12.9. The molecule has 33 heavy (non-hydrogen) atoms. The smallest absolute Gasteiger partial charge is 0.264 e. The van der Waals surface area contributed by atoms with Crippen LogP contribution in [-0.2, 0) is 19.6 Å². The van der Waals surface area contributed by atoms with Crippen LogP contribution in [0.2, 0.25) is 0 Å². The topological polar surface area (TPSA) is 152 Å². The van der Waals surface area contributed by atoms with Gasteiger partial charge in [-0.2, -0.15) is 5.10 Å². The Bertz CT molecular complexity index is 1250. The van der Waals surface area contributed by atoms with Gasteiger partial charge >= 0.3 is 0 Å². The van der Waals surface area contributed by atoms with E-state index in [-0.39, 0.29) is 16.7 Å². The summed E-state index contributed by atoms with van der Waals surface area (Å²) in [7, 11) is -3.92. The second-order valence-electron chi connectivity index (χ2n) is 7.53. The Labute approximate surface area is 190 Å². The molecule has 0 spiro atoms. The van der Waals surface area contributed by atoms with Gasteiger partial charge in [0.25, 0.3) is 10.0 Å². The normalized spacial score (nSPS) is 16.3. The highest BCUT2D eigenvalue weighted by molar-refractivity contribution is 7.90. The van der Waals surface area contributed by atoms with Gasteiger partial charge in [-0.1, -0.05) is 0 Å². The van der Waals surface area contributed by atoms with Crippen molar-refractivity contribution in [3.05, 3.63) is 49.3 Å². The van der Waals surface area contributed by atoms with Crippen molar-refractivity contribution < 1.29 is 18.0 Å². The molecule has 1 saturated heterocycles. The summed E-state index contributed by atoms with van der Waals surface area (Å²) >= 11 is 0. The van der Waals surface area contributed by atoms with E-state index >= 15 is 0 Å². The van der Waals surface area contributed by atoms with Crippen LogP contribution in [0.3, 0.4) is 0 Å². The number of rotatable bonds is 6. The minimum Gasteiger partial charge on any atom is -0.356 e. The van der Waals surface area contributed by atoms with Gasteiger partial charge < -0.3 is 10.2 Å². The molecular weight excluding hydrogens is 448 g/mol. The van der Waals surface area contributed by atoms with E-state index in [9.17, 15) is 18.0 Å². The molecule has 0 saturated carbocycles. The highest BCUT2D eigenvalue weighted by atomic mass is 32.2. The second kappa shape index (κ2) is 9.32. The number of hydrogen-bond donors (Lipinski definition) is 2. The molecule has 0 bridgehead atoms. The average Bonchev–Trinajstić information content (AvgIpc) is 3.34. The lowest BCUT2D eigenvalue weighted by Crippen LogP contribution is -2.41. The van der Waals surface area contributed by atoms with Crippen LogP contribution in [0, 0.1) is 5.92 Å². The third kappa shape index (κ3) is 5.31. The molecule has 2 aromatic heterocycles. The summed E-state index contributed by atoms with van der Waals surface area (Å²) in [5.74, 6) is 0.166. The second-order valence-corrected chi connectivity index (χ2v) is 9.22. The minimum atomic E-state index is -3.92. The number of nitrogens with one attached hydrogen (secondary N) is 2. The first-order chi connectivity index (χ1) is 15.8. The number of carbonyl (C=O) groups is 2. The molecule has 1 fully saturated rings. The molecule has 4 rings (SSSR count). The first kappa shape index (κ1) is 22.3. The first-order valence-corrected chi connectivity index (χ1v) is 11.7. The summed E-state index contributed by atoms with van der Waals surface area (Å²) in [4.78, 5) is 38.3. The highest BCUT2D eigenvalue weighted by Gasteiger charge is 2.27. The number of piperidine rings is 1.